The second kappa shape index (κ2) is 9.74. The molecule has 2 saturated heterocycles. The first kappa shape index (κ1) is 19.7. The van der Waals surface area contributed by atoms with Crippen molar-refractivity contribution in [2.75, 3.05) is 32.7 Å². The summed E-state index contributed by atoms with van der Waals surface area (Å²) in [6.07, 6.45) is 5.22. The Morgan fingerprint density at radius 3 is 2.44 bits per heavy atom. The van der Waals surface area contributed by atoms with Gasteiger partial charge in [-0.1, -0.05) is 24.3 Å². The number of urea groups is 1. The second-order valence-electron chi connectivity index (χ2n) is 7.75. The highest BCUT2D eigenvalue weighted by Crippen LogP contribution is 2.16. The molecule has 0 radical (unpaired) electrons. The fraction of sp³-hybridized carbons (Fsp3) is 0.619. The Labute approximate surface area is 162 Å². The summed E-state index contributed by atoms with van der Waals surface area (Å²) < 4.78 is 0. The van der Waals surface area contributed by atoms with Crippen molar-refractivity contribution in [1.82, 2.24) is 20.4 Å². The number of aryl methyl sites for hydroxylation is 1. The zero-order valence-corrected chi connectivity index (χ0v) is 16.4. The van der Waals surface area contributed by atoms with Gasteiger partial charge < -0.3 is 15.5 Å². The minimum atomic E-state index is -0.224. The third-order valence-corrected chi connectivity index (χ3v) is 5.69. The van der Waals surface area contributed by atoms with Crippen LogP contribution < -0.4 is 10.6 Å². The average Bonchev–Trinajstić information content (AvgIpc) is 2.70. The lowest BCUT2D eigenvalue weighted by Gasteiger charge is -2.32. The number of nitrogens with one attached hydrogen (secondary N) is 2. The van der Waals surface area contributed by atoms with E-state index in [1.807, 2.05) is 4.90 Å². The number of benzene rings is 1. The molecule has 0 spiro atoms. The Morgan fingerprint density at radius 2 is 1.74 bits per heavy atom. The first-order valence-electron chi connectivity index (χ1n) is 10.2. The van der Waals surface area contributed by atoms with E-state index in [4.69, 9.17) is 0 Å². The second-order valence-corrected chi connectivity index (χ2v) is 7.75. The lowest BCUT2D eigenvalue weighted by atomic mass is 10.0. The van der Waals surface area contributed by atoms with E-state index >= 15 is 0 Å². The van der Waals surface area contributed by atoms with Gasteiger partial charge in [0.1, 0.15) is 0 Å². The summed E-state index contributed by atoms with van der Waals surface area (Å²) in [6.45, 7) is 6.81. The summed E-state index contributed by atoms with van der Waals surface area (Å²) >= 11 is 0. The molecule has 2 fully saturated rings. The lowest BCUT2D eigenvalue weighted by molar-refractivity contribution is -0.130. The summed E-state index contributed by atoms with van der Waals surface area (Å²) in [5, 5.41) is 5.76. The highest BCUT2D eigenvalue weighted by Gasteiger charge is 2.22. The summed E-state index contributed by atoms with van der Waals surface area (Å²) in [6, 6.07) is 8.46. The molecule has 2 aliphatic heterocycles. The van der Waals surface area contributed by atoms with Gasteiger partial charge in [-0.25, -0.2) is 4.79 Å². The SMILES string of the molecule is Cc1ccccc1CN1CCC(NC(=O)NCC(=O)N2CCCCC2)CC1. The smallest absolute Gasteiger partial charge is 0.315 e. The molecule has 148 valence electrons. The number of amides is 3. The minimum Gasteiger partial charge on any atom is -0.341 e. The van der Waals surface area contributed by atoms with Crippen LogP contribution >= 0.6 is 0 Å². The number of hydrogen-bond acceptors (Lipinski definition) is 3. The minimum absolute atomic E-state index is 0.0258. The zero-order valence-electron chi connectivity index (χ0n) is 16.4. The average molecular weight is 373 g/mol. The van der Waals surface area contributed by atoms with E-state index in [0.29, 0.717) is 0 Å². The Morgan fingerprint density at radius 1 is 1.04 bits per heavy atom. The monoisotopic (exact) mass is 372 g/mol. The van der Waals surface area contributed by atoms with Crippen molar-refractivity contribution < 1.29 is 9.59 Å². The van der Waals surface area contributed by atoms with Crippen molar-refractivity contribution in [2.24, 2.45) is 0 Å². The van der Waals surface area contributed by atoms with Crippen molar-refractivity contribution in [3.8, 4) is 0 Å². The van der Waals surface area contributed by atoms with E-state index in [1.165, 1.54) is 17.5 Å². The van der Waals surface area contributed by atoms with Gasteiger partial charge in [0.05, 0.1) is 6.54 Å². The van der Waals surface area contributed by atoms with Gasteiger partial charge in [0.25, 0.3) is 0 Å². The van der Waals surface area contributed by atoms with Crippen LogP contribution in [0.1, 0.15) is 43.2 Å². The molecule has 0 bridgehead atoms. The van der Waals surface area contributed by atoms with E-state index in [2.05, 4.69) is 46.7 Å². The van der Waals surface area contributed by atoms with Crippen LogP contribution in [0.2, 0.25) is 0 Å². The molecule has 6 nitrogen and oxygen atoms in total. The normalized spacial score (nSPS) is 18.9. The highest BCUT2D eigenvalue weighted by atomic mass is 16.2. The highest BCUT2D eigenvalue weighted by molar-refractivity contribution is 5.84. The summed E-state index contributed by atoms with van der Waals surface area (Å²) in [5.74, 6) is 0.0258. The predicted molar refractivity (Wildman–Crippen MR) is 106 cm³/mol. The van der Waals surface area contributed by atoms with E-state index in [-0.39, 0.29) is 24.5 Å². The molecule has 1 aromatic carbocycles. The van der Waals surface area contributed by atoms with Crippen molar-refractivity contribution >= 4 is 11.9 Å². The molecule has 3 amide bonds. The van der Waals surface area contributed by atoms with Crippen molar-refractivity contribution in [2.45, 2.75) is 51.6 Å². The number of nitrogens with zero attached hydrogens (tertiary/aromatic N) is 2. The van der Waals surface area contributed by atoms with Crippen LogP contribution in [0, 0.1) is 6.92 Å². The largest absolute Gasteiger partial charge is 0.341 e. The van der Waals surface area contributed by atoms with E-state index in [1.54, 1.807) is 0 Å². The number of carbonyl (C=O) groups excluding carboxylic acids is 2. The van der Waals surface area contributed by atoms with Crippen molar-refractivity contribution in [3.63, 3.8) is 0 Å². The van der Waals surface area contributed by atoms with Gasteiger partial charge in [-0.2, -0.15) is 0 Å². The Kier molecular flexibility index (Phi) is 7.10. The molecule has 3 rings (SSSR count). The zero-order chi connectivity index (χ0) is 19.1. The lowest BCUT2D eigenvalue weighted by Crippen LogP contribution is -2.50. The van der Waals surface area contributed by atoms with Crippen molar-refractivity contribution in [3.05, 3.63) is 35.4 Å². The third kappa shape index (κ3) is 5.96. The Bertz CT molecular complexity index is 635. The predicted octanol–water partition coefficient (Wildman–Crippen LogP) is 2.27. The van der Waals surface area contributed by atoms with Gasteiger partial charge in [0.15, 0.2) is 0 Å². The molecule has 2 heterocycles. The fourth-order valence-corrected chi connectivity index (χ4v) is 3.91. The van der Waals surface area contributed by atoms with E-state index in [9.17, 15) is 9.59 Å². The van der Waals surface area contributed by atoms with Crippen LogP contribution in [0.15, 0.2) is 24.3 Å². The van der Waals surface area contributed by atoms with E-state index in [0.717, 1.165) is 58.4 Å². The molecular formula is C21H32N4O2. The first-order valence-corrected chi connectivity index (χ1v) is 10.2. The number of hydrogen-bond donors (Lipinski definition) is 2. The summed E-state index contributed by atoms with van der Waals surface area (Å²) in [7, 11) is 0. The molecule has 27 heavy (non-hydrogen) atoms. The van der Waals surface area contributed by atoms with Gasteiger partial charge in [-0.15, -0.1) is 0 Å². The van der Waals surface area contributed by atoms with Crippen LogP contribution in [-0.2, 0) is 11.3 Å². The summed E-state index contributed by atoms with van der Waals surface area (Å²) in [4.78, 5) is 28.5. The molecule has 0 unspecified atom stereocenters. The molecule has 0 saturated carbocycles. The summed E-state index contributed by atoms with van der Waals surface area (Å²) in [5.41, 5.74) is 2.70. The molecule has 0 aromatic heterocycles. The van der Waals surface area contributed by atoms with Crippen LogP contribution in [-0.4, -0.2) is 60.5 Å². The number of rotatable bonds is 5. The molecule has 0 atom stereocenters. The van der Waals surface area contributed by atoms with Crippen LogP contribution in [0.4, 0.5) is 4.79 Å². The number of likely N-dealkylation sites (tertiary alicyclic amines) is 2. The van der Waals surface area contributed by atoms with Gasteiger partial charge in [-0.3, -0.25) is 9.69 Å². The topological polar surface area (TPSA) is 64.7 Å². The first-order chi connectivity index (χ1) is 13.1. The molecule has 2 aliphatic rings. The van der Waals surface area contributed by atoms with Crippen molar-refractivity contribution in [1.29, 1.82) is 0 Å². The van der Waals surface area contributed by atoms with Gasteiger partial charge in [-0.05, 0) is 50.2 Å². The molecule has 2 N–H and O–H groups in total. The quantitative estimate of drug-likeness (QED) is 0.833. The Hall–Kier alpha value is -2.08. The maximum Gasteiger partial charge on any atom is 0.315 e. The van der Waals surface area contributed by atoms with Gasteiger partial charge in [0, 0.05) is 38.8 Å². The number of carbonyl (C=O) groups is 2. The number of piperidine rings is 2. The van der Waals surface area contributed by atoms with Crippen LogP contribution in [0.5, 0.6) is 0 Å². The van der Waals surface area contributed by atoms with Crippen LogP contribution in [0.3, 0.4) is 0 Å². The van der Waals surface area contributed by atoms with Crippen LogP contribution in [0.25, 0.3) is 0 Å². The Balaban J connectivity index is 1.34. The fourth-order valence-electron chi connectivity index (χ4n) is 3.91. The van der Waals surface area contributed by atoms with Gasteiger partial charge in [0.2, 0.25) is 5.91 Å². The molecule has 1 aromatic rings. The molecular weight excluding hydrogens is 340 g/mol. The maximum atomic E-state index is 12.1. The molecule has 0 aliphatic carbocycles. The van der Waals surface area contributed by atoms with E-state index < -0.39 is 0 Å². The maximum absolute atomic E-state index is 12.1. The molecule has 6 heteroatoms. The van der Waals surface area contributed by atoms with Gasteiger partial charge >= 0.3 is 6.03 Å². The third-order valence-electron chi connectivity index (χ3n) is 5.69. The standard InChI is InChI=1S/C21H32N4O2/c1-17-7-3-4-8-18(17)16-24-13-9-19(10-14-24)23-21(27)22-15-20(26)25-11-5-2-6-12-25/h3-4,7-8,19H,2,5-6,9-16H2,1H3,(H2,22,23,27).